The fourth-order valence-electron chi connectivity index (χ4n) is 1.47. The Hall–Kier alpha value is -0.870. The van der Waals surface area contributed by atoms with Crippen molar-refractivity contribution < 1.29 is 9.53 Å². The normalized spacial score (nSPS) is 14.2. The molecule has 0 aliphatic carbocycles. The van der Waals surface area contributed by atoms with Crippen molar-refractivity contribution in [2.24, 2.45) is 0 Å². The SMILES string of the molecule is CCC(C)(OC)C(=O)Nc1cc(C)cc(Br)c1. The molecule has 0 aliphatic heterocycles. The van der Waals surface area contributed by atoms with Crippen molar-refractivity contribution in [3.05, 3.63) is 28.2 Å². The Kier molecular flexibility index (Phi) is 4.71. The van der Waals surface area contributed by atoms with Gasteiger partial charge in [0.15, 0.2) is 0 Å². The topological polar surface area (TPSA) is 38.3 Å². The number of anilines is 1. The van der Waals surface area contributed by atoms with Crippen LogP contribution in [0.5, 0.6) is 0 Å². The molecule has 0 aliphatic rings. The average molecular weight is 300 g/mol. The molecule has 0 bridgehead atoms. The third-order valence-electron chi connectivity index (χ3n) is 2.91. The molecule has 1 aromatic rings. The number of hydrogen-bond donors (Lipinski definition) is 1. The van der Waals surface area contributed by atoms with Gasteiger partial charge in [-0.3, -0.25) is 4.79 Å². The summed E-state index contributed by atoms with van der Waals surface area (Å²) < 4.78 is 6.21. The largest absolute Gasteiger partial charge is 0.369 e. The monoisotopic (exact) mass is 299 g/mol. The van der Waals surface area contributed by atoms with Gasteiger partial charge in [-0.1, -0.05) is 22.9 Å². The second-order valence-electron chi connectivity index (χ2n) is 4.26. The van der Waals surface area contributed by atoms with Gasteiger partial charge in [0.1, 0.15) is 5.60 Å². The molecular weight excluding hydrogens is 282 g/mol. The highest BCUT2D eigenvalue weighted by Crippen LogP contribution is 2.22. The predicted molar refractivity (Wildman–Crippen MR) is 73.2 cm³/mol. The second kappa shape index (κ2) is 5.65. The van der Waals surface area contributed by atoms with E-state index in [-0.39, 0.29) is 5.91 Å². The first-order chi connectivity index (χ1) is 7.91. The molecule has 1 rings (SSSR count). The van der Waals surface area contributed by atoms with Gasteiger partial charge in [-0.05, 0) is 44.0 Å². The van der Waals surface area contributed by atoms with Crippen molar-refractivity contribution in [1.82, 2.24) is 0 Å². The molecule has 3 nitrogen and oxygen atoms in total. The first kappa shape index (κ1) is 14.2. The molecule has 1 aromatic carbocycles. The lowest BCUT2D eigenvalue weighted by Gasteiger charge is -2.25. The van der Waals surface area contributed by atoms with E-state index in [4.69, 9.17) is 4.74 Å². The van der Waals surface area contributed by atoms with E-state index in [1.807, 2.05) is 32.0 Å². The fourth-order valence-corrected chi connectivity index (χ4v) is 2.08. The fraction of sp³-hybridized carbons (Fsp3) is 0.462. The first-order valence-corrected chi connectivity index (χ1v) is 6.34. The van der Waals surface area contributed by atoms with Gasteiger partial charge < -0.3 is 10.1 Å². The van der Waals surface area contributed by atoms with Crippen molar-refractivity contribution in [3.63, 3.8) is 0 Å². The number of aryl methyl sites for hydroxylation is 1. The number of nitrogens with one attached hydrogen (secondary N) is 1. The van der Waals surface area contributed by atoms with Crippen molar-refractivity contribution in [3.8, 4) is 0 Å². The van der Waals surface area contributed by atoms with E-state index < -0.39 is 5.60 Å². The molecule has 0 spiro atoms. The van der Waals surface area contributed by atoms with Crippen LogP contribution >= 0.6 is 15.9 Å². The van der Waals surface area contributed by atoms with Crippen LogP contribution in [-0.2, 0) is 9.53 Å². The number of halogens is 1. The number of ether oxygens (including phenoxy) is 1. The second-order valence-corrected chi connectivity index (χ2v) is 5.18. The van der Waals surface area contributed by atoms with E-state index in [0.717, 1.165) is 15.7 Å². The molecule has 1 N–H and O–H groups in total. The molecule has 0 saturated heterocycles. The van der Waals surface area contributed by atoms with Crippen molar-refractivity contribution in [2.45, 2.75) is 32.8 Å². The van der Waals surface area contributed by atoms with Crippen LogP contribution < -0.4 is 5.32 Å². The molecule has 0 radical (unpaired) electrons. The van der Waals surface area contributed by atoms with E-state index in [9.17, 15) is 4.79 Å². The van der Waals surface area contributed by atoms with Gasteiger partial charge in [-0.15, -0.1) is 0 Å². The molecule has 94 valence electrons. The van der Waals surface area contributed by atoms with Crippen LogP contribution in [0.25, 0.3) is 0 Å². The summed E-state index contributed by atoms with van der Waals surface area (Å²) in [6.07, 6.45) is 0.627. The van der Waals surface area contributed by atoms with E-state index in [1.54, 1.807) is 14.0 Å². The summed E-state index contributed by atoms with van der Waals surface area (Å²) in [6.45, 7) is 5.69. The summed E-state index contributed by atoms with van der Waals surface area (Å²) in [5.74, 6) is -0.125. The molecule has 0 saturated carbocycles. The Bertz CT molecular complexity index is 394. The highest BCUT2D eigenvalue weighted by molar-refractivity contribution is 9.10. The number of benzene rings is 1. The number of amides is 1. The van der Waals surface area contributed by atoms with Crippen LogP contribution in [0, 0.1) is 6.92 Å². The number of hydrogen-bond acceptors (Lipinski definition) is 2. The van der Waals surface area contributed by atoms with Crippen molar-refractivity contribution >= 4 is 27.5 Å². The first-order valence-electron chi connectivity index (χ1n) is 5.55. The van der Waals surface area contributed by atoms with Crippen molar-refractivity contribution in [1.29, 1.82) is 0 Å². The minimum atomic E-state index is -0.782. The number of rotatable bonds is 4. The summed E-state index contributed by atoms with van der Waals surface area (Å²) >= 11 is 3.40. The summed E-state index contributed by atoms with van der Waals surface area (Å²) in [5, 5.41) is 2.87. The van der Waals surface area contributed by atoms with Crippen LogP contribution in [0.1, 0.15) is 25.8 Å². The maximum atomic E-state index is 12.1. The van der Waals surface area contributed by atoms with Gasteiger partial charge in [0.25, 0.3) is 5.91 Å². The molecule has 17 heavy (non-hydrogen) atoms. The predicted octanol–water partition coefficient (Wildman–Crippen LogP) is 3.51. The van der Waals surface area contributed by atoms with Crippen LogP contribution in [-0.4, -0.2) is 18.6 Å². The molecule has 0 aromatic heterocycles. The maximum Gasteiger partial charge on any atom is 0.256 e. The van der Waals surface area contributed by atoms with Gasteiger partial charge in [0.2, 0.25) is 0 Å². The van der Waals surface area contributed by atoms with Gasteiger partial charge in [-0.2, -0.15) is 0 Å². The Morgan fingerprint density at radius 2 is 2.12 bits per heavy atom. The lowest BCUT2D eigenvalue weighted by molar-refractivity contribution is -0.136. The lowest BCUT2D eigenvalue weighted by Crippen LogP contribution is -2.41. The van der Waals surface area contributed by atoms with E-state index >= 15 is 0 Å². The molecule has 4 heteroatoms. The zero-order chi connectivity index (χ0) is 13.1. The highest BCUT2D eigenvalue weighted by Gasteiger charge is 2.30. The lowest BCUT2D eigenvalue weighted by atomic mass is 10.0. The number of carbonyl (C=O) groups is 1. The Balaban J connectivity index is 2.87. The van der Waals surface area contributed by atoms with Gasteiger partial charge in [-0.25, -0.2) is 0 Å². The summed E-state index contributed by atoms with van der Waals surface area (Å²) in [5.41, 5.74) is 1.08. The molecule has 0 fully saturated rings. The number of methoxy groups -OCH3 is 1. The molecule has 0 heterocycles. The zero-order valence-corrected chi connectivity index (χ0v) is 12.2. The third-order valence-corrected chi connectivity index (χ3v) is 3.36. The summed E-state index contributed by atoms with van der Waals surface area (Å²) in [6, 6.07) is 5.79. The van der Waals surface area contributed by atoms with Crippen LogP contribution in [0.3, 0.4) is 0 Å². The maximum absolute atomic E-state index is 12.1. The highest BCUT2D eigenvalue weighted by atomic mass is 79.9. The zero-order valence-electron chi connectivity index (χ0n) is 10.6. The van der Waals surface area contributed by atoms with E-state index in [2.05, 4.69) is 21.2 Å². The smallest absolute Gasteiger partial charge is 0.256 e. The molecule has 1 amide bonds. The van der Waals surface area contributed by atoms with Crippen molar-refractivity contribution in [2.75, 3.05) is 12.4 Å². The van der Waals surface area contributed by atoms with Crippen LogP contribution in [0.2, 0.25) is 0 Å². The van der Waals surface area contributed by atoms with Gasteiger partial charge in [0, 0.05) is 17.3 Å². The standard InChI is InChI=1S/C13H18BrNO2/c1-5-13(3,17-4)12(16)15-11-7-9(2)6-10(14)8-11/h6-8H,5H2,1-4H3,(H,15,16). The van der Waals surface area contributed by atoms with E-state index in [0.29, 0.717) is 6.42 Å². The minimum absolute atomic E-state index is 0.125. The number of carbonyl (C=O) groups excluding carboxylic acids is 1. The minimum Gasteiger partial charge on any atom is -0.369 e. The average Bonchev–Trinajstić information content (AvgIpc) is 2.26. The Morgan fingerprint density at radius 3 is 2.59 bits per heavy atom. The third kappa shape index (κ3) is 3.54. The Morgan fingerprint density at radius 1 is 1.47 bits per heavy atom. The summed E-state index contributed by atoms with van der Waals surface area (Å²) in [7, 11) is 1.55. The van der Waals surface area contributed by atoms with Crippen LogP contribution in [0.4, 0.5) is 5.69 Å². The van der Waals surface area contributed by atoms with E-state index in [1.165, 1.54) is 0 Å². The van der Waals surface area contributed by atoms with Gasteiger partial charge in [0.05, 0.1) is 0 Å². The van der Waals surface area contributed by atoms with Gasteiger partial charge >= 0.3 is 0 Å². The molecule has 1 unspecified atom stereocenters. The summed E-state index contributed by atoms with van der Waals surface area (Å²) in [4.78, 5) is 12.1. The molecule has 1 atom stereocenters. The quantitative estimate of drug-likeness (QED) is 0.924. The molecular formula is C13H18BrNO2. The Labute approximate surface area is 111 Å². The van der Waals surface area contributed by atoms with Crippen LogP contribution in [0.15, 0.2) is 22.7 Å².